The average Bonchev–Trinajstić information content (AvgIpc) is 3.18. The molecule has 0 bridgehead atoms. The number of carbonyl (C=O) groups is 4. The third kappa shape index (κ3) is 5.00. The number of methoxy groups -OCH3 is 1. The van der Waals surface area contributed by atoms with Crippen LogP contribution in [0, 0.1) is 5.92 Å². The Kier molecular flexibility index (Phi) is 7.19. The Hall–Kier alpha value is -4.40. The first-order chi connectivity index (χ1) is 17.3. The highest BCUT2D eigenvalue weighted by atomic mass is 16.5. The number of ether oxygens (including phenoxy) is 2. The van der Waals surface area contributed by atoms with Crippen molar-refractivity contribution in [2.45, 2.75) is 26.3 Å². The van der Waals surface area contributed by atoms with Crippen molar-refractivity contribution in [2.24, 2.45) is 5.92 Å². The Morgan fingerprint density at radius 3 is 2.42 bits per heavy atom. The number of nitrogens with one attached hydrogen (secondary N) is 1. The van der Waals surface area contributed by atoms with Crippen molar-refractivity contribution < 1.29 is 28.7 Å². The van der Waals surface area contributed by atoms with Crippen LogP contribution in [0.1, 0.15) is 20.3 Å². The van der Waals surface area contributed by atoms with Crippen LogP contribution in [0.15, 0.2) is 66.7 Å². The molecule has 1 heterocycles. The SMILES string of the molecule is COc1ccc(N2C(=O)CC(N(NC(=O)COc3cccc4ccccc34)C(=O)C(C)C)C2=O)cc1. The summed E-state index contributed by atoms with van der Waals surface area (Å²) in [5, 5.41) is 2.76. The first kappa shape index (κ1) is 24.7. The van der Waals surface area contributed by atoms with Gasteiger partial charge in [0.15, 0.2) is 6.61 Å². The molecule has 4 amide bonds. The molecule has 0 radical (unpaired) electrons. The lowest BCUT2D eigenvalue weighted by Gasteiger charge is -2.29. The molecule has 0 aromatic heterocycles. The second kappa shape index (κ2) is 10.5. The standard InChI is InChI=1S/C27H27N3O6/c1-17(2)26(33)30(22-15-25(32)29(27(22)34)19-11-13-20(35-3)14-12-19)28-24(31)16-36-23-10-6-8-18-7-4-5-9-21(18)23/h4-14,17,22H,15-16H2,1-3H3,(H,28,31). The van der Waals surface area contributed by atoms with Crippen molar-refractivity contribution in [1.29, 1.82) is 0 Å². The molecule has 1 fully saturated rings. The summed E-state index contributed by atoms with van der Waals surface area (Å²) in [5.41, 5.74) is 2.86. The molecule has 0 saturated carbocycles. The number of benzene rings is 3. The van der Waals surface area contributed by atoms with Crippen LogP contribution in [0.25, 0.3) is 10.8 Å². The number of rotatable bonds is 7. The summed E-state index contributed by atoms with van der Waals surface area (Å²) < 4.78 is 10.8. The minimum absolute atomic E-state index is 0.256. The second-order valence-corrected chi connectivity index (χ2v) is 8.65. The van der Waals surface area contributed by atoms with Gasteiger partial charge >= 0.3 is 0 Å². The van der Waals surface area contributed by atoms with Crippen LogP contribution in [-0.4, -0.2) is 48.4 Å². The molecule has 186 valence electrons. The van der Waals surface area contributed by atoms with Crippen LogP contribution in [0.2, 0.25) is 0 Å². The zero-order valence-corrected chi connectivity index (χ0v) is 20.3. The topological polar surface area (TPSA) is 105 Å². The van der Waals surface area contributed by atoms with E-state index in [1.54, 1.807) is 44.2 Å². The van der Waals surface area contributed by atoms with Gasteiger partial charge in [0.25, 0.3) is 11.8 Å². The first-order valence-electron chi connectivity index (χ1n) is 11.5. The van der Waals surface area contributed by atoms with E-state index in [2.05, 4.69) is 5.43 Å². The second-order valence-electron chi connectivity index (χ2n) is 8.65. The number of imide groups is 1. The van der Waals surface area contributed by atoms with Gasteiger partial charge < -0.3 is 9.47 Å². The molecule has 1 atom stereocenters. The number of fused-ring (bicyclic) bond motifs is 1. The van der Waals surface area contributed by atoms with Crippen LogP contribution in [-0.2, 0) is 19.2 Å². The summed E-state index contributed by atoms with van der Waals surface area (Å²) >= 11 is 0. The molecule has 9 nitrogen and oxygen atoms in total. The summed E-state index contributed by atoms with van der Waals surface area (Å²) in [4.78, 5) is 52.8. The third-order valence-corrected chi connectivity index (χ3v) is 5.85. The fourth-order valence-corrected chi connectivity index (χ4v) is 4.02. The summed E-state index contributed by atoms with van der Waals surface area (Å²) in [6.45, 7) is 2.92. The summed E-state index contributed by atoms with van der Waals surface area (Å²) in [6, 6.07) is 18.4. The monoisotopic (exact) mass is 489 g/mol. The van der Waals surface area contributed by atoms with E-state index < -0.39 is 35.6 Å². The van der Waals surface area contributed by atoms with E-state index in [0.717, 1.165) is 20.7 Å². The van der Waals surface area contributed by atoms with E-state index in [-0.39, 0.29) is 13.0 Å². The van der Waals surface area contributed by atoms with E-state index in [0.29, 0.717) is 17.2 Å². The number of carbonyl (C=O) groups excluding carboxylic acids is 4. The predicted octanol–water partition coefficient (Wildman–Crippen LogP) is 3.08. The first-order valence-corrected chi connectivity index (χ1v) is 11.5. The average molecular weight is 490 g/mol. The molecule has 4 rings (SSSR count). The maximum atomic E-state index is 13.2. The van der Waals surface area contributed by atoms with Crippen molar-refractivity contribution in [2.75, 3.05) is 18.6 Å². The van der Waals surface area contributed by atoms with E-state index in [9.17, 15) is 19.2 Å². The maximum absolute atomic E-state index is 13.2. The van der Waals surface area contributed by atoms with Gasteiger partial charge in [-0.05, 0) is 35.7 Å². The van der Waals surface area contributed by atoms with Gasteiger partial charge in [0, 0.05) is 11.3 Å². The number of anilines is 1. The van der Waals surface area contributed by atoms with Gasteiger partial charge in [-0.3, -0.25) is 24.6 Å². The predicted molar refractivity (Wildman–Crippen MR) is 133 cm³/mol. The molecule has 3 aromatic carbocycles. The summed E-state index contributed by atoms with van der Waals surface area (Å²) in [5.74, 6) is -1.63. The van der Waals surface area contributed by atoms with Crippen LogP contribution in [0.3, 0.4) is 0 Å². The van der Waals surface area contributed by atoms with Crippen LogP contribution < -0.4 is 19.8 Å². The Morgan fingerprint density at radius 2 is 1.72 bits per heavy atom. The van der Waals surface area contributed by atoms with Gasteiger partial charge in [-0.1, -0.05) is 50.2 Å². The van der Waals surface area contributed by atoms with Gasteiger partial charge in [-0.15, -0.1) is 0 Å². The summed E-state index contributed by atoms with van der Waals surface area (Å²) in [7, 11) is 1.51. The highest BCUT2D eigenvalue weighted by Crippen LogP contribution is 2.28. The molecule has 0 aliphatic carbocycles. The Labute approximate surface area is 208 Å². The molecule has 1 aliphatic heterocycles. The summed E-state index contributed by atoms with van der Waals surface area (Å²) in [6.07, 6.45) is -0.256. The molecule has 1 saturated heterocycles. The van der Waals surface area contributed by atoms with Crippen molar-refractivity contribution in [3.05, 3.63) is 66.7 Å². The van der Waals surface area contributed by atoms with Gasteiger partial charge in [0.2, 0.25) is 11.8 Å². The van der Waals surface area contributed by atoms with E-state index in [4.69, 9.17) is 9.47 Å². The van der Waals surface area contributed by atoms with Gasteiger partial charge in [-0.2, -0.15) is 0 Å². The number of hydrogen-bond acceptors (Lipinski definition) is 6. The van der Waals surface area contributed by atoms with Gasteiger partial charge in [-0.25, -0.2) is 9.91 Å². The lowest BCUT2D eigenvalue weighted by molar-refractivity contribution is -0.150. The lowest BCUT2D eigenvalue weighted by Crippen LogP contribution is -2.56. The van der Waals surface area contributed by atoms with Crippen LogP contribution in [0.4, 0.5) is 5.69 Å². The highest BCUT2D eigenvalue weighted by molar-refractivity contribution is 6.23. The Morgan fingerprint density at radius 1 is 1.03 bits per heavy atom. The number of amides is 4. The normalized spacial score (nSPS) is 15.3. The number of nitrogens with zero attached hydrogens (tertiary/aromatic N) is 2. The van der Waals surface area contributed by atoms with Crippen molar-refractivity contribution >= 4 is 40.1 Å². The van der Waals surface area contributed by atoms with Crippen molar-refractivity contribution in [3.8, 4) is 11.5 Å². The minimum atomic E-state index is -1.17. The van der Waals surface area contributed by atoms with Crippen LogP contribution >= 0.6 is 0 Å². The fraction of sp³-hybridized carbons (Fsp3) is 0.259. The Balaban J connectivity index is 1.50. The van der Waals surface area contributed by atoms with E-state index in [1.807, 2.05) is 36.4 Å². The minimum Gasteiger partial charge on any atom is -0.497 e. The maximum Gasteiger partial charge on any atom is 0.276 e. The molecule has 1 unspecified atom stereocenters. The quantitative estimate of drug-likeness (QED) is 0.404. The van der Waals surface area contributed by atoms with Gasteiger partial charge in [0.05, 0.1) is 19.2 Å². The molecular formula is C27H27N3O6. The molecular weight excluding hydrogens is 462 g/mol. The lowest BCUT2D eigenvalue weighted by atomic mass is 10.1. The smallest absolute Gasteiger partial charge is 0.276 e. The number of hydrazine groups is 1. The fourth-order valence-electron chi connectivity index (χ4n) is 4.02. The van der Waals surface area contributed by atoms with Crippen molar-refractivity contribution in [1.82, 2.24) is 10.4 Å². The molecule has 1 N–H and O–H groups in total. The largest absolute Gasteiger partial charge is 0.497 e. The molecule has 3 aromatic rings. The molecule has 0 spiro atoms. The molecule has 36 heavy (non-hydrogen) atoms. The molecule has 9 heteroatoms. The van der Waals surface area contributed by atoms with E-state index in [1.165, 1.54) is 7.11 Å². The zero-order chi connectivity index (χ0) is 25.8. The number of hydrogen-bond donors (Lipinski definition) is 1. The Bertz CT molecular complexity index is 1300. The molecule has 1 aliphatic rings. The van der Waals surface area contributed by atoms with Crippen molar-refractivity contribution in [3.63, 3.8) is 0 Å². The highest BCUT2D eigenvalue weighted by Gasteiger charge is 2.45. The third-order valence-electron chi connectivity index (χ3n) is 5.85. The van der Waals surface area contributed by atoms with Crippen LogP contribution in [0.5, 0.6) is 11.5 Å². The van der Waals surface area contributed by atoms with E-state index >= 15 is 0 Å². The zero-order valence-electron chi connectivity index (χ0n) is 20.3. The van der Waals surface area contributed by atoms with Gasteiger partial charge in [0.1, 0.15) is 17.5 Å².